The van der Waals surface area contributed by atoms with Crippen LogP contribution in [-0.2, 0) is 0 Å². The highest BCUT2D eigenvalue weighted by Gasteiger charge is 2.05. The second kappa shape index (κ2) is 5.14. The van der Waals surface area contributed by atoms with E-state index in [4.69, 9.17) is 9.52 Å². The van der Waals surface area contributed by atoms with Gasteiger partial charge in [-0.05, 0) is 36.4 Å². The molecule has 0 saturated heterocycles. The van der Waals surface area contributed by atoms with Crippen LogP contribution in [0.2, 0.25) is 0 Å². The van der Waals surface area contributed by atoms with Crippen LogP contribution in [0.25, 0.3) is 6.08 Å². The van der Waals surface area contributed by atoms with Crippen LogP contribution < -0.4 is 0 Å². The van der Waals surface area contributed by atoms with Gasteiger partial charge in [0.15, 0.2) is 5.78 Å². The molecule has 2 rings (SSSR count). The molecule has 1 heterocycles. The summed E-state index contributed by atoms with van der Waals surface area (Å²) in [6.07, 6.45) is 4.47. The van der Waals surface area contributed by atoms with Crippen molar-refractivity contribution in [2.75, 3.05) is 0 Å². The molecule has 0 aliphatic carbocycles. The Balaban J connectivity index is 2.12. The Kier molecular flexibility index (Phi) is 3.38. The minimum atomic E-state index is -1.01. The molecule has 1 aromatic heterocycles. The summed E-state index contributed by atoms with van der Waals surface area (Å²) in [4.78, 5) is 22.4. The van der Waals surface area contributed by atoms with Crippen LogP contribution in [0.4, 0.5) is 0 Å². The zero-order chi connectivity index (χ0) is 13.0. The zero-order valence-electron chi connectivity index (χ0n) is 9.37. The molecule has 0 aliphatic heterocycles. The van der Waals surface area contributed by atoms with Gasteiger partial charge in [0.25, 0.3) is 0 Å². The van der Waals surface area contributed by atoms with Crippen LogP contribution in [0.3, 0.4) is 0 Å². The fourth-order valence-corrected chi connectivity index (χ4v) is 1.42. The van der Waals surface area contributed by atoms with Gasteiger partial charge in [-0.3, -0.25) is 4.79 Å². The molecule has 0 aliphatic rings. The average Bonchev–Trinajstić information content (AvgIpc) is 2.89. The minimum Gasteiger partial charge on any atom is -0.478 e. The summed E-state index contributed by atoms with van der Waals surface area (Å²) in [5, 5.41) is 8.73. The maximum Gasteiger partial charge on any atom is 0.335 e. The van der Waals surface area contributed by atoms with E-state index in [-0.39, 0.29) is 11.3 Å². The first kappa shape index (κ1) is 11.9. The van der Waals surface area contributed by atoms with E-state index < -0.39 is 5.97 Å². The third kappa shape index (κ3) is 2.74. The Hall–Kier alpha value is -2.62. The quantitative estimate of drug-likeness (QED) is 0.661. The van der Waals surface area contributed by atoms with Crippen LogP contribution >= 0.6 is 0 Å². The van der Waals surface area contributed by atoms with E-state index in [1.54, 1.807) is 18.2 Å². The first-order valence-electron chi connectivity index (χ1n) is 5.26. The highest BCUT2D eigenvalue weighted by Crippen LogP contribution is 2.08. The van der Waals surface area contributed by atoms with E-state index in [0.29, 0.717) is 11.3 Å². The first-order valence-corrected chi connectivity index (χ1v) is 5.26. The first-order chi connectivity index (χ1) is 8.66. The van der Waals surface area contributed by atoms with Gasteiger partial charge in [-0.1, -0.05) is 12.1 Å². The number of furan rings is 1. The van der Waals surface area contributed by atoms with Gasteiger partial charge < -0.3 is 9.52 Å². The number of hydrogen-bond donors (Lipinski definition) is 1. The molecule has 0 atom stereocenters. The number of benzene rings is 1. The molecule has 0 fully saturated rings. The van der Waals surface area contributed by atoms with Crippen LogP contribution in [0, 0.1) is 0 Å². The fraction of sp³-hybridized carbons (Fsp3) is 0. The second-order valence-electron chi connectivity index (χ2n) is 3.60. The minimum absolute atomic E-state index is 0.154. The zero-order valence-corrected chi connectivity index (χ0v) is 9.37. The van der Waals surface area contributed by atoms with Crippen molar-refractivity contribution in [3.63, 3.8) is 0 Å². The number of carbonyl (C=O) groups is 2. The fourth-order valence-electron chi connectivity index (χ4n) is 1.42. The van der Waals surface area contributed by atoms with Crippen molar-refractivity contribution < 1.29 is 19.1 Å². The normalized spacial score (nSPS) is 10.7. The molecule has 90 valence electrons. The number of hydrogen-bond acceptors (Lipinski definition) is 3. The Morgan fingerprint density at radius 3 is 2.28 bits per heavy atom. The molecule has 0 saturated carbocycles. The second-order valence-corrected chi connectivity index (χ2v) is 3.60. The number of rotatable bonds is 4. The third-order valence-electron chi connectivity index (χ3n) is 2.36. The predicted molar refractivity (Wildman–Crippen MR) is 65.5 cm³/mol. The van der Waals surface area contributed by atoms with E-state index in [1.165, 1.54) is 36.6 Å². The Morgan fingerprint density at radius 1 is 1.06 bits per heavy atom. The third-order valence-corrected chi connectivity index (χ3v) is 2.36. The Labute approximate surface area is 103 Å². The lowest BCUT2D eigenvalue weighted by Gasteiger charge is -1.97. The van der Waals surface area contributed by atoms with Crippen molar-refractivity contribution in [1.82, 2.24) is 0 Å². The summed E-state index contributed by atoms with van der Waals surface area (Å²) >= 11 is 0. The van der Waals surface area contributed by atoms with Gasteiger partial charge in [-0.2, -0.15) is 0 Å². The maximum atomic E-state index is 11.7. The molecular formula is C14H10O4. The number of ketones is 1. The molecule has 18 heavy (non-hydrogen) atoms. The summed E-state index contributed by atoms with van der Waals surface area (Å²) in [6.45, 7) is 0. The van der Waals surface area contributed by atoms with Crippen molar-refractivity contribution in [3.05, 3.63) is 65.6 Å². The van der Waals surface area contributed by atoms with Crippen LogP contribution in [-0.4, -0.2) is 16.9 Å². The average molecular weight is 242 g/mol. The van der Waals surface area contributed by atoms with E-state index >= 15 is 0 Å². The van der Waals surface area contributed by atoms with Crippen molar-refractivity contribution in [2.45, 2.75) is 0 Å². The largest absolute Gasteiger partial charge is 0.478 e. The van der Waals surface area contributed by atoms with Gasteiger partial charge >= 0.3 is 5.97 Å². The SMILES string of the molecule is O=C(O)c1ccc(C(=O)C=Cc2ccco2)cc1. The molecule has 0 spiro atoms. The van der Waals surface area contributed by atoms with Crippen LogP contribution in [0.15, 0.2) is 53.2 Å². The summed E-state index contributed by atoms with van der Waals surface area (Å²) in [7, 11) is 0. The summed E-state index contributed by atoms with van der Waals surface area (Å²) in [5.41, 5.74) is 0.587. The summed E-state index contributed by atoms with van der Waals surface area (Å²) < 4.78 is 5.05. The predicted octanol–water partition coefficient (Wildman–Crippen LogP) is 2.87. The Morgan fingerprint density at radius 2 is 1.72 bits per heavy atom. The standard InChI is InChI=1S/C14H10O4/c15-13(8-7-12-2-1-9-18-12)10-3-5-11(6-4-10)14(16)17/h1-9H,(H,16,17). The van der Waals surface area contributed by atoms with Gasteiger partial charge in [-0.15, -0.1) is 0 Å². The van der Waals surface area contributed by atoms with Crippen molar-refractivity contribution in [1.29, 1.82) is 0 Å². The molecule has 2 aromatic rings. The van der Waals surface area contributed by atoms with E-state index in [9.17, 15) is 9.59 Å². The molecule has 1 N–H and O–H groups in total. The van der Waals surface area contributed by atoms with E-state index in [2.05, 4.69) is 0 Å². The molecule has 0 bridgehead atoms. The summed E-state index contributed by atoms with van der Waals surface area (Å²) in [6, 6.07) is 9.23. The monoisotopic (exact) mass is 242 g/mol. The van der Waals surface area contributed by atoms with Gasteiger partial charge in [0.1, 0.15) is 5.76 Å². The van der Waals surface area contributed by atoms with Gasteiger partial charge in [-0.25, -0.2) is 4.79 Å². The summed E-state index contributed by atoms with van der Waals surface area (Å²) in [5.74, 6) is -0.631. The maximum absolute atomic E-state index is 11.7. The van der Waals surface area contributed by atoms with Gasteiger partial charge in [0, 0.05) is 5.56 Å². The molecule has 0 amide bonds. The topological polar surface area (TPSA) is 67.5 Å². The lowest BCUT2D eigenvalue weighted by Crippen LogP contribution is -1.98. The Bertz CT molecular complexity index is 577. The highest BCUT2D eigenvalue weighted by molar-refractivity contribution is 6.07. The van der Waals surface area contributed by atoms with Gasteiger partial charge in [0.2, 0.25) is 0 Å². The molecule has 1 aromatic carbocycles. The van der Waals surface area contributed by atoms with Crippen molar-refractivity contribution >= 4 is 17.8 Å². The highest BCUT2D eigenvalue weighted by atomic mass is 16.4. The lowest BCUT2D eigenvalue weighted by atomic mass is 10.1. The number of allylic oxidation sites excluding steroid dienone is 1. The van der Waals surface area contributed by atoms with Crippen molar-refractivity contribution in [2.24, 2.45) is 0 Å². The molecule has 4 nitrogen and oxygen atoms in total. The number of carbonyl (C=O) groups excluding carboxylic acids is 1. The van der Waals surface area contributed by atoms with Crippen LogP contribution in [0.1, 0.15) is 26.5 Å². The number of carboxylic acids is 1. The molecular weight excluding hydrogens is 232 g/mol. The van der Waals surface area contributed by atoms with E-state index in [0.717, 1.165) is 0 Å². The number of aromatic carboxylic acids is 1. The molecule has 0 unspecified atom stereocenters. The number of carboxylic acid groups (broad SMARTS) is 1. The van der Waals surface area contributed by atoms with Crippen molar-refractivity contribution in [3.8, 4) is 0 Å². The molecule has 4 heteroatoms. The van der Waals surface area contributed by atoms with E-state index in [1.807, 2.05) is 0 Å². The lowest BCUT2D eigenvalue weighted by molar-refractivity contribution is 0.0696. The van der Waals surface area contributed by atoms with Crippen LogP contribution in [0.5, 0.6) is 0 Å². The van der Waals surface area contributed by atoms with Gasteiger partial charge in [0.05, 0.1) is 11.8 Å². The smallest absolute Gasteiger partial charge is 0.335 e. The molecule has 0 radical (unpaired) electrons.